The number of nitrogens with one attached hydrogen (secondary N) is 1. The van der Waals surface area contributed by atoms with E-state index in [9.17, 15) is 10.2 Å². The van der Waals surface area contributed by atoms with Gasteiger partial charge in [0.2, 0.25) is 5.76 Å². The second kappa shape index (κ2) is 8.90. The number of thiocarbonyl (C=S) groups is 1. The molecule has 0 aliphatic heterocycles. The number of hydrogen-bond donors (Lipinski definition) is 3. The minimum atomic E-state index is -0.0907. The van der Waals surface area contributed by atoms with Crippen molar-refractivity contribution in [2.24, 2.45) is 0 Å². The largest absolute Gasteiger partial charge is 0.501 e. The number of aromatic nitrogens is 1. The monoisotopic (exact) mass is 397 g/mol. The Kier molecular flexibility index (Phi) is 6.34. The van der Waals surface area contributed by atoms with E-state index in [2.05, 4.69) is 18.3 Å². The summed E-state index contributed by atoms with van der Waals surface area (Å²) in [7, 11) is 0. The van der Waals surface area contributed by atoms with Crippen LogP contribution >= 0.6 is 23.6 Å². The number of aryl methyl sites for hydroxylation is 1. The summed E-state index contributed by atoms with van der Waals surface area (Å²) in [5.41, 5.74) is 3.26. The van der Waals surface area contributed by atoms with E-state index in [-0.39, 0.29) is 12.4 Å². The third-order valence-corrected chi connectivity index (χ3v) is 5.26. The Balaban J connectivity index is 2.03. The van der Waals surface area contributed by atoms with Crippen molar-refractivity contribution in [3.63, 3.8) is 0 Å². The summed E-state index contributed by atoms with van der Waals surface area (Å²) in [5.74, 6) is 0.0919. The molecule has 27 heavy (non-hydrogen) atoms. The molecule has 1 aromatic carbocycles. The number of benzene rings is 1. The van der Waals surface area contributed by atoms with Gasteiger partial charge >= 0.3 is 0 Å². The molecule has 138 valence electrons. The van der Waals surface area contributed by atoms with Crippen molar-refractivity contribution in [3.05, 3.63) is 82.3 Å². The maximum absolute atomic E-state index is 10.9. The van der Waals surface area contributed by atoms with Gasteiger partial charge in [-0.1, -0.05) is 37.3 Å². The standard InChI is InChI=1S/C21H20N2O2S2/c1-2-15-6-3-8-17(12-15)22-21(26)19(20(25)18-9-5-11-27-18)23-10-4-7-16(13-23)14-24/h3-13,24H,2,14H2,1H3,(H-,22,25,26)/p+1. The Morgan fingerprint density at radius 2 is 1.96 bits per heavy atom. The molecule has 0 aliphatic carbocycles. The Morgan fingerprint density at radius 1 is 1.15 bits per heavy atom. The first-order valence-electron chi connectivity index (χ1n) is 8.61. The van der Waals surface area contributed by atoms with Crippen LogP contribution in [-0.2, 0) is 13.0 Å². The summed E-state index contributed by atoms with van der Waals surface area (Å²) >= 11 is 7.08. The zero-order chi connectivity index (χ0) is 19.2. The van der Waals surface area contributed by atoms with E-state index in [1.807, 2.05) is 47.8 Å². The van der Waals surface area contributed by atoms with Crippen LogP contribution in [0.25, 0.3) is 11.5 Å². The molecule has 0 spiro atoms. The first-order chi connectivity index (χ1) is 13.1. The second-order valence-corrected chi connectivity index (χ2v) is 7.32. The topological polar surface area (TPSA) is 56.4 Å². The number of nitrogens with zero attached hydrogens (tertiary/aromatic N) is 1. The van der Waals surface area contributed by atoms with Crippen LogP contribution in [0, 0.1) is 0 Å². The van der Waals surface area contributed by atoms with Gasteiger partial charge in [-0.25, -0.2) is 0 Å². The fourth-order valence-electron chi connectivity index (χ4n) is 2.69. The van der Waals surface area contributed by atoms with E-state index in [1.165, 1.54) is 16.9 Å². The van der Waals surface area contributed by atoms with Crippen molar-refractivity contribution < 1.29 is 14.8 Å². The first kappa shape index (κ1) is 19.2. The zero-order valence-corrected chi connectivity index (χ0v) is 16.6. The maximum atomic E-state index is 10.9. The first-order valence-corrected chi connectivity index (χ1v) is 9.90. The number of hydrogen-bond acceptors (Lipinski definition) is 4. The Labute approximate surface area is 168 Å². The van der Waals surface area contributed by atoms with Crippen molar-refractivity contribution in [2.45, 2.75) is 20.0 Å². The van der Waals surface area contributed by atoms with Gasteiger partial charge in [0.15, 0.2) is 17.4 Å². The van der Waals surface area contributed by atoms with Crippen LogP contribution in [-0.4, -0.2) is 15.2 Å². The lowest BCUT2D eigenvalue weighted by Crippen LogP contribution is -2.39. The summed E-state index contributed by atoms with van der Waals surface area (Å²) in [5, 5.41) is 25.5. The number of aliphatic hydroxyl groups is 2. The van der Waals surface area contributed by atoms with E-state index in [0.29, 0.717) is 10.7 Å². The van der Waals surface area contributed by atoms with E-state index in [1.54, 1.807) is 17.0 Å². The highest BCUT2D eigenvalue weighted by Crippen LogP contribution is 2.23. The third kappa shape index (κ3) is 4.60. The quantitative estimate of drug-likeness (QED) is 0.250. The van der Waals surface area contributed by atoms with Crippen LogP contribution in [0.3, 0.4) is 0 Å². The molecule has 4 nitrogen and oxygen atoms in total. The number of pyridine rings is 1. The van der Waals surface area contributed by atoms with Gasteiger partial charge in [0, 0.05) is 17.3 Å². The van der Waals surface area contributed by atoms with E-state index in [4.69, 9.17) is 12.2 Å². The van der Waals surface area contributed by atoms with Crippen LogP contribution in [0.1, 0.15) is 22.9 Å². The molecule has 0 saturated heterocycles. The molecule has 3 rings (SSSR count). The molecule has 0 fully saturated rings. The highest BCUT2D eigenvalue weighted by molar-refractivity contribution is 7.81. The molecule has 0 amide bonds. The number of anilines is 1. The van der Waals surface area contributed by atoms with Gasteiger partial charge in [-0.2, -0.15) is 4.57 Å². The van der Waals surface area contributed by atoms with Crippen LogP contribution in [0.2, 0.25) is 0 Å². The summed E-state index contributed by atoms with van der Waals surface area (Å²) < 4.78 is 1.74. The second-order valence-electron chi connectivity index (χ2n) is 5.96. The van der Waals surface area contributed by atoms with Gasteiger partial charge < -0.3 is 15.5 Å². The lowest BCUT2D eigenvalue weighted by molar-refractivity contribution is -0.576. The fourth-order valence-corrected chi connectivity index (χ4v) is 3.68. The van der Waals surface area contributed by atoms with Crippen LogP contribution < -0.4 is 9.88 Å². The van der Waals surface area contributed by atoms with Gasteiger partial charge in [-0.3, -0.25) is 0 Å². The van der Waals surface area contributed by atoms with Crippen molar-refractivity contribution in [2.75, 3.05) is 5.32 Å². The molecule has 0 saturated carbocycles. The lowest BCUT2D eigenvalue weighted by atomic mass is 10.1. The van der Waals surface area contributed by atoms with Crippen molar-refractivity contribution in [3.8, 4) is 0 Å². The van der Waals surface area contributed by atoms with Crippen molar-refractivity contribution >= 4 is 45.7 Å². The molecule has 0 radical (unpaired) electrons. The molecule has 0 unspecified atom stereocenters. The average molecular weight is 398 g/mol. The Bertz CT molecular complexity index is 966. The van der Waals surface area contributed by atoms with Gasteiger partial charge in [0.25, 0.3) is 5.70 Å². The van der Waals surface area contributed by atoms with Gasteiger partial charge in [-0.15, -0.1) is 11.3 Å². The predicted octanol–water partition coefficient (Wildman–Crippen LogP) is 4.41. The van der Waals surface area contributed by atoms with Crippen molar-refractivity contribution in [1.82, 2.24) is 0 Å². The van der Waals surface area contributed by atoms with Crippen LogP contribution in [0.5, 0.6) is 0 Å². The predicted molar refractivity (Wildman–Crippen MR) is 115 cm³/mol. The smallest absolute Gasteiger partial charge is 0.289 e. The van der Waals surface area contributed by atoms with Crippen molar-refractivity contribution in [1.29, 1.82) is 0 Å². The Hall–Kier alpha value is -2.54. The Morgan fingerprint density at radius 3 is 2.67 bits per heavy atom. The third-order valence-electron chi connectivity index (χ3n) is 4.09. The number of aliphatic hydroxyl groups excluding tert-OH is 2. The van der Waals surface area contributed by atoms with E-state index < -0.39 is 0 Å². The molecule has 3 N–H and O–H groups in total. The minimum Gasteiger partial charge on any atom is -0.501 e. The SMILES string of the molecule is CCc1cccc(NC(=S)/C(=C(/O)c2cccs2)[n+]2cccc(CO)c2)c1. The zero-order valence-electron chi connectivity index (χ0n) is 14.9. The van der Waals surface area contributed by atoms with E-state index in [0.717, 1.165) is 22.5 Å². The van der Waals surface area contributed by atoms with Gasteiger partial charge in [0.1, 0.15) is 0 Å². The molecule has 0 aliphatic rings. The molecule has 0 atom stereocenters. The van der Waals surface area contributed by atoms with Crippen LogP contribution in [0.4, 0.5) is 5.69 Å². The molecule has 6 heteroatoms. The maximum Gasteiger partial charge on any atom is 0.289 e. The fraction of sp³-hybridized carbons (Fsp3) is 0.143. The minimum absolute atomic E-state index is 0.0907. The normalized spacial score (nSPS) is 11.8. The number of rotatable bonds is 6. The van der Waals surface area contributed by atoms with Gasteiger partial charge in [-0.05, 0) is 41.6 Å². The lowest BCUT2D eigenvalue weighted by Gasteiger charge is -2.11. The van der Waals surface area contributed by atoms with Crippen LogP contribution in [0.15, 0.2) is 66.3 Å². The molecule has 2 aromatic heterocycles. The molecule has 0 bridgehead atoms. The highest BCUT2D eigenvalue weighted by Gasteiger charge is 2.24. The molecular weight excluding hydrogens is 376 g/mol. The summed E-state index contributed by atoms with van der Waals surface area (Å²) in [6, 6.07) is 15.4. The average Bonchev–Trinajstić information content (AvgIpc) is 3.23. The van der Waals surface area contributed by atoms with Gasteiger partial charge in [0.05, 0.1) is 11.5 Å². The highest BCUT2D eigenvalue weighted by atomic mass is 32.1. The number of thiophene rings is 1. The molecule has 3 aromatic rings. The molecule has 2 heterocycles. The van der Waals surface area contributed by atoms with E-state index >= 15 is 0 Å². The molecular formula is C21H21N2O2S2+. The summed E-state index contributed by atoms with van der Waals surface area (Å²) in [6.07, 6.45) is 4.49. The summed E-state index contributed by atoms with van der Waals surface area (Å²) in [4.78, 5) is 1.12. The summed E-state index contributed by atoms with van der Waals surface area (Å²) in [6.45, 7) is 2.01.